The van der Waals surface area contributed by atoms with E-state index in [-0.39, 0.29) is 0 Å². The smallest absolute Gasteiger partial charge is 0.355 e. The average molecular weight is 268 g/mol. The summed E-state index contributed by atoms with van der Waals surface area (Å²) in [5, 5.41) is 0.937. The molecular formula is C12H14ClN3O2. The van der Waals surface area contributed by atoms with Crippen LogP contribution in [0.5, 0.6) is 0 Å². The predicted molar refractivity (Wildman–Crippen MR) is 68.8 cm³/mol. The number of carbonyl (C=O) groups excluding carboxylic acids is 1. The number of aryl methyl sites for hydroxylation is 1. The molecule has 0 aliphatic rings. The van der Waals surface area contributed by atoms with E-state index in [1.807, 2.05) is 20.8 Å². The molecule has 0 aliphatic heterocycles. The van der Waals surface area contributed by atoms with Gasteiger partial charge in [0.05, 0.1) is 5.39 Å². The average Bonchev–Trinajstić information content (AvgIpc) is 2.58. The number of ether oxygens (including phenoxy) is 1. The number of fused-ring (bicyclic) bond motifs is 1. The van der Waals surface area contributed by atoms with Crippen molar-refractivity contribution in [1.29, 1.82) is 0 Å². The number of rotatable bonds is 1. The fraction of sp³-hybridized carbons (Fsp3) is 0.417. The predicted octanol–water partition coefficient (Wildman–Crippen LogP) is 2.88. The maximum Gasteiger partial charge on any atom is 0.355 e. The van der Waals surface area contributed by atoms with Crippen molar-refractivity contribution in [3.63, 3.8) is 0 Å². The molecule has 6 heteroatoms. The normalized spacial score (nSPS) is 11.8. The second kappa shape index (κ2) is 4.24. The molecule has 18 heavy (non-hydrogen) atoms. The Balaban J connectivity index is 2.42. The molecule has 0 aliphatic carbocycles. The van der Waals surface area contributed by atoms with Crippen molar-refractivity contribution in [2.75, 3.05) is 0 Å². The maximum atomic E-state index is 11.9. The van der Waals surface area contributed by atoms with Gasteiger partial charge in [-0.2, -0.15) is 0 Å². The van der Waals surface area contributed by atoms with Gasteiger partial charge in [-0.1, -0.05) is 11.6 Å². The van der Waals surface area contributed by atoms with E-state index >= 15 is 0 Å². The van der Waals surface area contributed by atoms with Crippen LogP contribution in [-0.2, 0) is 4.74 Å². The van der Waals surface area contributed by atoms with E-state index in [1.165, 1.54) is 0 Å². The van der Waals surface area contributed by atoms with Crippen LogP contribution >= 0.6 is 11.6 Å². The van der Waals surface area contributed by atoms with Crippen molar-refractivity contribution in [2.45, 2.75) is 33.3 Å². The van der Waals surface area contributed by atoms with Crippen LogP contribution in [0.3, 0.4) is 0 Å². The van der Waals surface area contributed by atoms with Gasteiger partial charge in [-0.05, 0) is 33.8 Å². The highest BCUT2D eigenvalue weighted by Gasteiger charge is 2.20. The minimum absolute atomic E-state index is 0.321. The van der Waals surface area contributed by atoms with Gasteiger partial charge in [0, 0.05) is 0 Å². The molecule has 0 bridgehead atoms. The quantitative estimate of drug-likeness (QED) is 0.637. The number of carbonyl (C=O) groups is 1. The zero-order valence-electron chi connectivity index (χ0n) is 10.7. The Labute approximate surface area is 110 Å². The van der Waals surface area contributed by atoms with Crippen LogP contribution in [0, 0.1) is 6.92 Å². The molecule has 2 aromatic heterocycles. The Bertz CT molecular complexity index is 614. The molecule has 5 nitrogen and oxygen atoms in total. The largest absolute Gasteiger partial charge is 0.455 e. The topological polar surface area (TPSA) is 67.9 Å². The van der Waals surface area contributed by atoms with Crippen LogP contribution in [0.15, 0.2) is 6.07 Å². The zero-order valence-corrected chi connectivity index (χ0v) is 11.4. The SMILES string of the molecule is Cc1nc(Cl)c2cc(C(=O)OC(C)(C)C)[nH]c2n1. The van der Waals surface area contributed by atoms with Crippen molar-refractivity contribution in [3.05, 3.63) is 22.7 Å². The highest BCUT2D eigenvalue weighted by atomic mass is 35.5. The van der Waals surface area contributed by atoms with E-state index in [0.29, 0.717) is 27.7 Å². The van der Waals surface area contributed by atoms with Crippen LogP contribution in [0.25, 0.3) is 11.0 Å². The molecular weight excluding hydrogens is 254 g/mol. The molecule has 2 rings (SSSR count). The highest BCUT2D eigenvalue weighted by Crippen LogP contribution is 2.22. The van der Waals surface area contributed by atoms with Gasteiger partial charge < -0.3 is 9.72 Å². The van der Waals surface area contributed by atoms with Crippen LogP contribution in [0.1, 0.15) is 37.1 Å². The Kier molecular flexibility index (Phi) is 3.02. The van der Waals surface area contributed by atoms with E-state index in [1.54, 1.807) is 13.0 Å². The third-order valence-electron chi connectivity index (χ3n) is 2.17. The molecule has 2 aromatic rings. The van der Waals surface area contributed by atoms with Crippen LogP contribution < -0.4 is 0 Å². The molecule has 0 unspecified atom stereocenters. The number of hydrogen-bond acceptors (Lipinski definition) is 4. The molecule has 1 N–H and O–H groups in total. The van der Waals surface area contributed by atoms with E-state index < -0.39 is 11.6 Å². The van der Waals surface area contributed by atoms with Crippen molar-refractivity contribution in [1.82, 2.24) is 15.0 Å². The molecule has 0 fully saturated rings. The summed E-state index contributed by atoms with van der Waals surface area (Å²) >= 11 is 5.99. The van der Waals surface area contributed by atoms with Gasteiger partial charge in [0.1, 0.15) is 27.9 Å². The first-order valence-electron chi connectivity index (χ1n) is 5.52. The first-order chi connectivity index (χ1) is 8.26. The Morgan fingerprint density at radius 2 is 2.06 bits per heavy atom. The first-order valence-corrected chi connectivity index (χ1v) is 5.90. The van der Waals surface area contributed by atoms with E-state index in [2.05, 4.69) is 15.0 Å². The molecule has 96 valence electrons. The molecule has 0 saturated carbocycles. The van der Waals surface area contributed by atoms with Gasteiger partial charge >= 0.3 is 5.97 Å². The second-order valence-electron chi connectivity index (χ2n) is 5.01. The molecule has 0 spiro atoms. The molecule has 0 atom stereocenters. The third-order valence-corrected chi connectivity index (χ3v) is 2.46. The van der Waals surface area contributed by atoms with Gasteiger partial charge in [0.25, 0.3) is 0 Å². The van der Waals surface area contributed by atoms with Crippen molar-refractivity contribution < 1.29 is 9.53 Å². The minimum Gasteiger partial charge on any atom is -0.455 e. The number of halogens is 1. The fourth-order valence-corrected chi connectivity index (χ4v) is 1.79. The lowest BCUT2D eigenvalue weighted by Crippen LogP contribution is -2.24. The summed E-state index contributed by atoms with van der Waals surface area (Å²) in [5.41, 5.74) is 0.315. The lowest BCUT2D eigenvalue weighted by molar-refractivity contribution is 0.00638. The van der Waals surface area contributed by atoms with Gasteiger partial charge in [0.2, 0.25) is 0 Å². The lowest BCUT2D eigenvalue weighted by Gasteiger charge is -2.18. The van der Waals surface area contributed by atoms with Crippen LogP contribution in [0.2, 0.25) is 5.15 Å². The number of nitrogens with one attached hydrogen (secondary N) is 1. The van der Waals surface area contributed by atoms with E-state index in [4.69, 9.17) is 16.3 Å². The van der Waals surface area contributed by atoms with Crippen LogP contribution in [-0.4, -0.2) is 26.5 Å². The first kappa shape index (κ1) is 12.8. The van der Waals surface area contributed by atoms with Crippen LogP contribution in [0.4, 0.5) is 0 Å². The molecule has 0 radical (unpaired) electrons. The van der Waals surface area contributed by atoms with Crippen molar-refractivity contribution in [2.24, 2.45) is 0 Å². The summed E-state index contributed by atoms with van der Waals surface area (Å²) in [7, 11) is 0. The lowest BCUT2D eigenvalue weighted by atomic mass is 10.2. The zero-order chi connectivity index (χ0) is 13.5. The Morgan fingerprint density at radius 1 is 1.39 bits per heavy atom. The number of aromatic amines is 1. The van der Waals surface area contributed by atoms with Gasteiger partial charge in [-0.3, -0.25) is 0 Å². The number of H-pyrrole nitrogens is 1. The monoisotopic (exact) mass is 267 g/mol. The Morgan fingerprint density at radius 3 is 2.67 bits per heavy atom. The second-order valence-corrected chi connectivity index (χ2v) is 5.37. The number of hydrogen-bond donors (Lipinski definition) is 1. The standard InChI is InChI=1S/C12H14ClN3O2/c1-6-14-9(13)7-5-8(16-10(7)15-6)11(17)18-12(2,3)4/h5H,1-4H3,(H,14,15,16). The number of esters is 1. The third kappa shape index (κ3) is 2.61. The van der Waals surface area contributed by atoms with Crippen molar-refractivity contribution in [3.8, 4) is 0 Å². The summed E-state index contributed by atoms with van der Waals surface area (Å²) in [6, 6.07) is 1.60. The molecule has 0 aromatic carbocycles. The van der Waals surface area contributed by atoms with Gasteiger partial charge in [0.15, 0.2) is 0 Å². The Hall–Kier alpha value is -1.62. The van der Waals surface area contributed by atoms with E-state index in [0.717, 1.165) is 0 Å². The van der Waals surface area contributed by atoms with Crippen molar-refractivity contribution >= 4 is 28.6 Å². The number of nitrogens with zero attached hydrogens (tertiary/aromatic N) is 2. The van der Waals surface area contributed by atoms with Gasteiger partial charge in [-0.15, -0.1) is 0 Å². The summed E-state index contributed by atoms with van der Waals surface area (Å²) in [6.45, 7) is 7.17. The number of aromatic nitrogens is 3. The maximum absolute atomic E-state index is 11.9. The molecule has 0 saturated heterocycles. The summed E-state index contributed by atoms with van der Waals surface area (Å²) in [6.07, 6.45) is 0. The summed E-state index contributed by atoms with van der Waals surface area (Å²) in [5.74, 6) is 0.110. The summed E-state index contributed by atoms with van der Waals surface area (Å²) < 4.78 is 5.26. The van der Waals surface area contributed by atoms with Gasteiger partial charge in [-0.25, -0.2) is 14.8 Å². The highest BCUT2D eigenvalue weighted by molar-refractivity contribution is 6.34. The fourth-order valence-electron chi connectivity index (χ4n) is 1.52. The molecule has 2 heterocycles. The molecule has 0 amide bonds. The van der Waals surface area contributed by atoms with E-state index in [9.17, 15) is 4.79 Å². The summed E-state index contributed by atoms with van der Waals surface area (Å²) in [4.78, 5) is 23.0. The minimum atomic E-state index is -0.542.